The average Bonchev–Trinajstić information content (AvgIpc) is 3.64. The van der Waals surface area contributed by atoms with Gasteiger partial charge >= 0.3 is 0 Å². The molecule has 3 nitrogen and oxygen atoms in total. The summed E-state index contributed by atoms with van der Waals surface area (Å²) in [7, 11) is 1.50. The lowest BCUT2D eigenvalue weighted by Crippen LogP contribution is -2.07. The van der Waals surface area contributed by atoms with E-state index in [2.05, 4.69) is 76.7 Å². The Kier molecular flexibility index (Phi) is 44.6. The van der Waals surface area contributed by atoms with Crippen LogP contribution >= 0.6 is 0 Å². The third-order valence-electron chi connectivity index (χ3n) is 5.97. The van der Waals surface area contributed by atoms with Crippen molar-refractivity contribution in [2.75, 3.05) is 13.6 Å². The zero-order valence-electron chi connectivity index (χ0n) is 27.7. The predicted molar refractivity (Wildman–Crippen MR) is 181 cm³/mol. The number of hydrogen-bond acceptors (Lipinski definition) is 3. The first kappa shape index (κ1) is 45.8. The summed E-state index contributed by atoms with van der Waals surface area (Å²) < 4.78 is 0. The van der Waals surface area contributed by atoms with Crippen molar-refractivity contribution in [2.24, 2.45) is 17.1 Å². The van der Waals surface area contributed by atoms with Crippen molar-refractivity contribution in [3.05, 3.63) is 73.0 Å². The number of allylic oxidation sites excluding steroid dienone is 6. The minimum absolute atomic E-state index is 0.683. The molecule has 0 radical (unpaired) electrons. The Bertz CT molecular complexity index is 621. The van der Waals surface area contributed by atoms with Crippen LogP contribution in [0.4, 0.5) is 0 Å². The van der Waals surface area contributed by atoms with Gasteiger partial charge in [-0.15, -0.1) is 6.58 Å². The maximum absolute atomic E-state index is 6.77. The quantitative estimate of drug-likeness (QED) is 0.141. The van der Waals surface area contributed by atoms with Gasteiger partial charge < -0.3 is 16.5 Å². The fourth-order valence-electron chi connectivity index (χ4n) is 3.77. The predicted octanol–water partition coefficient (Wildman–Crippen LogP) is 11.0. The molecule has 0 aliphatic heterocycles. The molecule has 0 spiro atoms. The third-order valence-corrected chi connectivity index (χ3v) is 5.97. The van der Waals surface area contributed by atoms with Crippen LogP contribution in [0.1, 0.15) is 121 Å². The Morgan fingerprint density at radius 2 is 1.66 bits per heavy atom. The van der Waals surface area contributed by atoms with Gasteiger partial charge in [-0.05, 0) is 81.7 Å². The Hall–Kier alpha value is -2.13. The fourth-order valence-corrected chi connectivity index (χ4v) is 3.77. The second kappa shape index (κ2) is 37.0. The van der Waals surface area contributed by atoms with Crippen LogP contribution in [0, 0.1) is 16.7 Å². The standard InChI is InChI=1S/C11H16.C9H18.C8H12N2.3C2H6.CH5N/c1-10(2)8-9-11-6-4-3-5-7-11;1-4-6-9(5-2)7-8(9)3;1-3-8(5-6-9)7-10-4-2;4*1-2/h4,6-7H,1,3,5,8-9H2,2H3;8H,4-7H2,1-3H3;3-6,9-10H,1-2,7H2;3*1-2H3;2H2,1H3/b;;8-5+,9-6?;;;;. The summed E-state index contributed by atoms with van der Waals surface area (Å²) in [5, 5.41) is 9.67. The van der Waals surface area contributed by atoms with E-state index in [1.807, 2.05) is 41.5 Å². The highest BCUT2D eigenvalue weighted by atomic mass is 14.8. The van der Waals surface area contributed by atoms with Gasteiger partial charge in [-0.25, -0.2) is 0 Å². The van der Waals surface area contributed by atoms with Crippen molar-refractivity contribution in [3.8, 4) is 0 Å². The van der Waals surface area contributed by atoms with Crippen molar-refractivity contribution in [1.29, 1.82) is 5.41 Å². The molecule has 2 atom stereocenters. The minimum Gasteiger partial charge on any atom is -0.387 e. The van der Waals surface area contributed by atoms with Gasteiger partial charge in [0.15, 0.2) is 0 Å². The van der Waals surface area contributed by atoms with E-state index >= 15 is 0 Å². The summed E-state index contributed by atoms with van der Waals surface area (Å²) in [4.78, 5) is 0. The lowest BCUT2D eigenvalue weighted by Gasteiger charge is -2.10. The largest absolute Gasteiger partial charge is 0.387 e. The van der Waals surface area contributed by atoms with Crippen LogP contribution in [-0.2, 0) is 0 Å². The third kappa shape index (κ3) is 28.4. The Morgan fingerprint density at radius 1 is 1.11 bits per heavy atom. The van der Waals surface area contributed by atoms with Crippen LogP contribution in [0.2, 0.25) is 0 Å². The van der Waals surface area contributed by atoms with Gasteiger partial charge in [0, 0.05) is 12.8 Å². The first-order valence-corrected chi connectivity index (χ1v) is 15.1. The highest BCUT2D eigenvalue weighted by Gasteiger charge is 2.47. The zero-order chi connectivity index (χ0) is 30.8. The van der Waals surface area contributed by atoms with Crippen molar-refractivity contribution in [1.82, 2.24) is 5.32 Å². The van der Waals surface area contributed by atoms with Crippen LogP contribution in [0.5, 0.6) is 0 Å². The van der Waals surface area contributed by atoms with E-state index < -0.39 is 0 Å². The van der Waals surface area contributed by atoms with E-state index in [9.17, 15) is 0 Å². The first-order chi connectivity index (χ1) is 18.4. The smallest absolute Gasteiger partial charge is 0.0395 e. The molecule has 38 heavy (non-hydrogen) atoms. The van der Waals surface area contributed by atoms with Gasteiger partial charge in [0.25, 0.3) is 0 Å². The van der Waals surface area contributed by atoms with E-state index in [0.717, 1.165) is 23.3 Å². The molecule has 0 saturated heterocycles. The highest BCUT2D eigenvalue weighted by Crippen LogP contribution is 2.57. The molecule has 0 aromatic rings. The summed E-state index contributed by atoms with van der Waals surface area (Å²) in [5.41, 5.74) is 9.05. The Labute approximate surface area is 241 Å². The normalized spacial score (nSPS) is 17.7. The van der Waals surface area contributed by atoms with Gasteiger partial charge in [0.05, 0.1) is 0 Å². The number of nitrogens with one attached hydrogen (secondary N) is 2. The number of nitrogens with two attached hydrogens (primary N) is 1. The molecule has 0 aromatic heterocycles. The second-order valence-electron chi connectivity index (χ2n) is 8.48. The van der Waals surface area contributed by atoms with Gasteiger partial charge in [-0.1, -0.05) is 124 Å². The molecule has 2 aliphatic rings. The van der Waals surface area contributed by atoms with Crippen molar-refractivity contribution < 1.29 is 0 Å². The van der Waals surface area contributed by atoms with Crippen LogP contribution in [0.3, 0.4) is 0 Å². The van der Waals surface area contributed by atoms with E-state index in [0.29, 0.717) is 6.54 Å². The van der Waals surface area contributed by atoms with E-state index in [4.69, 9.17) is 5.41 Å². The molecule has 2 aliphatic carbocycles. The SMILES string of the molecule is C=C(C)CCC1=CCCC=C1.C=CNC/C(C=C)=C/C=N.CC.CC.CC.CCCC1(CC)CC1C.CN. The molecule has 0 bridgehead atoms. The topological polar surface area (TPSA) is 61.9 Å². The van der Waals surface area contributed by atoms with Crippen LogP contribution in [-0.4, -0.2) is 19.8 Å². The monoisotopic (exact) mass is 532 g/mol. The van der Waals surface area contributed by atoms with Gasteiger partial charge in [0.2, 0.25) is 0 Å². The van der Waals surface area contributed by atoms with Crippen LogP contribution < -0.4 is 11.1 Å². The van der Waals surface area contributed by atoms with E-state index in [1.165, 1.54) is 69.4 Å². The second-order valence-corrected chi connectivity index (χ2v) is 8.48. The molecular formula is C35H69N3. The van der Waals surface area contributed by atoms with Crippen LogP contribution in [0.25, 0.3) is 0 Å². The molecule has 0 aromatic carbocycles. The molecule has 4 N–H and O–H groups in total. The Morgan fingerprint density at radius 3 is 1.95 bits per heavy atom. The molecule has 1 fully saturated rings. The number of hydrogen-bond donors (Lipinski definition) is 3. The fraction of sp³-hybridized carbons (Fsp3) is 0.629. The molecular weight excluding hydrogens is 462 g/mol. The van der Waals surface area contributed by atoms with Gasteiger partial charge in [-0.2, -0.15) is 0 Å². The molecule has 0 amide bonds. The first-order valence-electron chi connectivity index (χ1n) is 15.1. The van der Waals surface area contributed by atoms with Crippen molar-refractivity contribution in [2.45, 2.75) is 121 Å². The molecule has 224 valence electrons. The minimum atomic E-state index is 0.683. The van der Waals surface area contributed by atoms with Gasteiger partial charge in [-0.3, -0.25) is 0 Å². The zero-order valence-corrected chi connectivity index (χ0v) is 27.7. The molecule has 3 heteroatoms. The summed E-state index contributed by atoms with van der Waals surface area (Å²) in [6.45, 7) is 32.8. The van der Waals surface area contributed by atoms with Crippen molar-refractivity contribution >= 4 is 6.21 Å². The lowest BCUT2D eigenvalue weighted by molar-refractivity contribution is 0.408. The molecule has 0 heterocycles. The summed E-state index contributed by atoms with van der Waals surface area (Å²) in [5.74, 6) is 1.03. The molecule has 2 rings (SSSR count). The van der Waals surface area contributed by atoms with Gasteiger partial charge in [0.1, 0.15) is 0 Å². The van der Waals surface area contributed by atoms with Crippen LogP contribution in [0.15, 0.2) is 73.0 Å². The Balaban J connectivity index is -0.000000127. The summed E-state index contributed by atoms with van der Waals surface area (Å²) in [6.07, 6.45) is 23.6. The summed E-state index contributed by atoms with van der Waals surface area (Å²) >= 11 is 0. The van der Waals surface area contributed by atoms with E-state index in [1.54, 1.807) is 18.4 Å². The lowest BCUT2D eigenvalue weighted by atomic mass is 9.95. The summed E-state index contributed by atoms with van der Waals surface area (Å²) in [6, 6.07) is 0. The number of rotatable bonds is 11. The van der Waals surface area contributed by atoms with Crippen molar-refractivity contribution in [3.63, 3.8) is 0 Å². The maximum atomic E-state index is 6.77. The highest BCUT2D eigenvalue weighted by molar-refractivity contribution is 5.69. The molecule has 1 saturated carbocycles. The van der Waals surface area contributed by atoms with E-state index in [-0.39, 0.29) is 0 Å². The maximum Gasteiger partial charge on any atom is 0.0395 e. The molecule has 2 unspecified atom stereocenters. The average molecular weight is 532 g/mol.